The number of piperazine rings is 1. The van der Waals surface area contributed by atoms with Crippen LogP contribution >= 0.6 is 11.3 Å². The molecule has 0 unspecified atom stereocenters. The maximum Gasteiger partial charge on any atom is 0.0953 e. The molecule has 16 heavy (non-hydrogen) atoms. The van der Waals surface area contributed by atoms with Crippen LogP contribution in [0.5, 0.6) is 0 Å². The fourth-order valence-electron chi connectivity index (χ4n) is 1.91. The van der Waals surface area contributed by atoms with E-state index in [-0.39, 0.29) is 0 Å². The molecule has 0 aliphatic carbocycles. The molecule has 0 aromatic carbocycles. The van der Waals surface area contributed by atoms with Crippen LogP contribution in [0, 0.1) is 0 Å². The standard InChI is InChI=1S/C12H21N3S/c1-10(2)12-14-11(9-16-12)3-6-15-7-4-13-5-8-15/h9-10,13H,3-8H2,1-2H3. The normalized spacial score (nSPS) is 18.2. The number of nitrogens with zero attached hydrogens (tertiary/aromatic N) is 2. The van der Waals surface area contributed by atoms with E-state index in [0.29, 0.717) is 5.92 Å². The molecule has 1 aliphatic heterocycles. The summed E-state index contributed by atoms with van der Waals surface area (Å²) in [7, 11) is 0. The van der Waals surface area contributed by atoms with Crippen molar-refractivity contribution >= 4 is 11.3 Å². The third kappa shape index (κ3) is 3.27. The second-order valence-corrected chi connectivity index (χ2v) is 5.56. The van der Waals surface area contributed by atoms with Crippen molar-refractivity contribution in [3.63, 3.8) is 0 Å². The summed E-state index contributed by atoms with van der Waals surface area (Å²) in [5, 5.41) is 6.87. The van der Waals surface area contributed by atoms with E-state index >= 15 is 0 Å². The quantitative estimate of drug-likeness (QED) is 0.867. The van der Waals surface area contributed by atoms with Crippen molar-refractivity contribution in [3.8, 4) is 0 Å². The van der Waals surface area contributed by atoms with E-state index in [0.717, 1.165) is 26.1 Å². The third-order valence-corrected chi connectivity index (χ3v) is 4.15. The van der Waals surface area contributed by atoms with Gasteiger partial charge < -0.3 is 10.2 Å². The SMILES string of the molecule is CC(C)c1nc(CCN2CCNCC2)cs1. The van der Waals surface area contributed by atoms with E-state index in [1.165, 1.54) is 23.8 Å². The Balaban J connectivity index is 1.79. The Morgan fingerprint density at radius 3 is 2.81 bits per heavy atom. The zero-order valence-corrected chi connectivity index (χ0v) is 11.0. The fourth-order valence-corrected chi connectivity index (χ4v) is 2.78. The minimum atomic E-state index is 0.568. The van der Waals surface area contributed by atoms with E-state index in [4.69, 9.17) is 0 Å². The van der Waals surface area contributed by atoms with E-state index < -0.39 is 0 Å². The molecule has 0 spiro atoms. The Kier molecular flexibility index (Phi) is 4.32. The van der Waals surface area contributed by atoms with Crippen molar-refractivity contribution in [2.75, 3.05) is 32.7 Å². The average molecular weight is 239 g/mol. The van der Waals surface area contributed by atoms with Gasteiger partial charge in [0.05, 0.1) is 10.7 Å². The molecular formula is C12H21N3S. The molecule has 90 valence electrons. The first-order valence-corrected chi connectivity index (χ1v) is 7.01. The van der Waals surface area contributed by atoms with Crippen LogP contribution in [0.2, 0.25) is 0 Å². The van der Waals surface area contributed by atoms with Gasteiger partial charge in [-0.3, -0.25) is 0 Å². The first-order valence-electron chi connectivity index (χ1n) is 6.13. The predicted molar refractivity (Wildman–Crippen MR) is 69.2 cm³/mol. The van der Waals surface area contributed by atoms with Gasteiger partial charge in [0.25, 0.3) is 0 Å². The molecule has 1 saturated heterocycles. The molecule has 0 bridgehead atoms. The second kappa shape index (κ2) is 5.75. The molecule has 0 atom stereocenters. The second-order valence-electron chi connectivity index (χ2n) is 4.67. The van der Waals surface area contributed by atoms with Crippen LogP contribution in [-0.2, 0) is 6.42 Å². The summed E-state index contributed by atoms with van der Waals surface area (Å²) in [6, 6.07) is 0. The van der Waals surface area contributed by atoms with Crippen molar-refractivity contribution in [1.29, 1.82) is 0 Å². The summed E-state index contributed by atoms with van der Waals surface area (Å²) in [6.07, 6.45) is 1.10. The molecule has 1 aromatic rings. The molecule has 1 aromatic heterocycles. The fraction of sp³-hybridized carbons (Fsp3) is 0.750. The lowest BCUT2D eigenvalue weighted by atomic mass is 10.2. The third-order valence-electron chi connectivity index (χ3n) is 2.96. The highest BCUT2D eigenvalue weighted by Gasteiger charge is 2.10. The molecule has 0 radical (unpaired) electrons. The first kappa shape index (κ1) is 12.0. The molecule has 3 nitrogen and oxygen atoms in total. The van der Waals surface area contributed by atoms with E-state index in [1.807, 2.05) is 0 Å². The molecule has 2 rings (SSSR count). The lowest BCUT2D eigenvalue weighted by molar-refractivity contribution is 0.243. The summed E-state index contributed by atoms with van der Waals surface area (Å²) >= 11 is 1.80. The molecule has 1 N–H and O–H groups in total. The Bertz CT molecular complexity index is 316. The van der Waals surface area contributed by atoms with Crippen LogP contribution in [-0.4, -0.2) is 42.6 Å². The zero-order chi connectivity index (χ0) is 11.4. The number of aromatic nitrogens is 1. The van der Waals surface area contributed by atoms with Gasteiger partial charge in [-0.1, -0.05) is 13.8 Å². The van der Waals surface area contributed by atoms with Crippen LogP contribution in [0.15, 0.2) is 5.38 Å². The van der Waals surface area contributed by atoms with Gasteiger partial charge in [-0.05, 0) is 0 Å². The Hall–Kier alpha value is -0.450. The van der Waals surface area contributed by atoms with Gasteiger partial charge in [-0.25, -0.2) is 4.98 Å². The van der Waals surface area contributed by atoms with Crippen LogP contribution in [0.4, 0.5) is 0 Å². The summed E-state index contributed by atoms with van der Waals surface area (Å²) in [4.78, 5) is 7.19. The molecule has 2 heterocycles. The Morgan fingerprint density at radius 1 is 1.44 bits per heavy atom. The molecular weight excluding hydrogens is 218 g/mol. The Morgan fingerprint density at radius 2 is 2.19 bits per heavy atom. The number of thiazole rings is 1. The zero-order valence-electron chi connectivity index (χ0n) is 10.2. The Labute approximate surface area is 102 Å². The van der Waals surface area contributed by atoms with E-state index in [9.17, 15) is 0 Å². The first-order chi connectivity index (χ1) is 7.75. The lowest BCUT2D eigenvalue weighted by Crippen LogP contribution is -2.44. The maximum atomic E-state index is 4.67. The van der Waals surface area contributed by atoms with Crippen LogP contribution in [0.3, 0.4) is 0 Å². The molecule has 0 saturated carbocycles. The van der Waals surface area contributed by atoms with Gasteiger partial charge in [-0.15, -0.1) is 11.3 Å². The molecule has 4 heteroatoms. The smallest absolute Gasteiger partial charge is 0.0953 e. The van der Waals surface area contributed by atoms with Crippen molar-refractivity contribution in [3.05, 3.63) is 16.1 Å². The highest BCUT2D eigenvalue weighted by Crippen LogP contribution is 2.19. The van der Waals surface area contributed by atoms with Crippen molar-refractivity contribution in [1.82, 2.24) is 15.2 Å². The highest BCUT2D eigenvalue weighted by atomic mass is 32.1. The van der Waals surface area contributed by atoms with Gasteiger partial charge in [0.2, 0.25) is 0 Å². The topological polar surface area (TPSA) is 28.2 Å². The summed E-state index contributed by atoms with van der Waals surface area (Å²) in [5.74, 6) is 0.568. The van der Waals surface area contributed by atoms with Crippen LogP contribution in [0.25, 0.3) is 0 Å². The van der Waals surface area contributed by atoms with Crippen molar-refractivity contribution in [2.24, 2.45) is 0 Å². The van der Waals surface area contributed by atoms with Gasteiger partial charge in [0.1, 0.15) is 0 Å². The summed E-state index contributed by atoms with van der Waals surface area (Å²) < 4.78 is 0. The van der Waals surface area contributed by atoms with E-state index in [2.05, 4.69) is 34.4 Å². The lowest BCUT2D eigenvalue weighted by Gasteiger charge is -2.26. The van der Waals surface area contributed by atoms with Crippen molar-refractivity contribution in [2.45, 2.75) is 26.2 Å². The summed E-state index contributed by atoms with van der Waals surface area (Å²) in [5.41, 5.74) is 1.27. The van der Waals surface area contributed by atoms with Crippen molar-refractivity contribution < 1.29 is 0 Å². The monoisotopic (exact) mass is 239 g/mol. The van der Waals surface area contributed by atoms with Crippen LogP contribution < -0.4 is 5.32 Å². The molecule has 1 fully saturated rings. The minimum Gasteiger partial charge on any atom is -0.314 e. The number of rotatable bonds is 4. The molecule has 0 amide bonds. The van der Waals surface area contributed by atoms with Gasteiger partial charge in [0, 0.05) is 50.4 Å². The number of nitrogens with one attached hydrogen (secondary N) is 1. The molecule has 1 aliphatic rings. The maximum absolute atomic E-state index is 4.67. The number of hydrogen-bond acceptors (Lipinski definition) is 4. The van der Waals surface area contributed by atoms with Crippen LogP contribution in [0.1, 0.15) is 30.5 Å². The number of hydrogen-bond donors (Lipinski definition) is 1. The highest BCUT2D eigenvalue weighted by molar-refractivity contribution is 7.09. The van der Waals surface area contributed by atoms with Gasteiger partial charge in [-0.2, -0.15) is 0 Å². The van der Waals surface area contributed by atoms with Gasteiger partial charge in [0.15, 0.2) is 0 Å². The predicted octanol–water partition coefficient (Wildman–Crippen LogP) is 1.71. The summed E-state index contributed by atoms with van der Waals surface area (Å²) in [6.45, 7) is 10.2. The minimum absolute atomic E-state index is 0.568. The van der Waals surface area contributed by atoms with E-state index in [1.54, 1.807) is 11.3 Å². The largest absolute Gasteiger partial charge is 0.314 e. The average Bonchev–Trinajstić information content (AvgIpc) is 2.76. The van der Waals surface area contributed by atoms with Gasteiger partial charge >= 0.3 is 0 Å².